The number of halogens is 3. The minimum absolute atomic E-state index is 0.0356. The van der Waals surface area contributed by atoms with Crippen LogP contribution in [0.5, 0.6) is 0 Å². The summed E-state index contributed by atoms with van der Waals surface area (Å²) in [5, 5.41) is 6.59. The first kappa shape index (κ1) is 22.6. The second-order valence-electron chi connectivity index (χ2n) is 8.81. The van der Waals surface area contributed by atoms with Gasteiger partial charge in [0.25, 0.3) is 0 Å². The summed E-state index contributed by atoms with van der Waals surface area (Å²) in [5.41, 5.74) is 0.292. The summed E-state index contributed by atoms with van der Waals surface area (Å²) in [6.45, 7) is 4.19. The number of carbonyl (C=O) groups excluding carboxylic acids is 1. The third-order valence-electron chi connectivity index (χ3n) is 6.34. The van der Waals surface area contributed by atoms with Gasteiger partial charge in [0.1, 0.15) is 0 Å². The van der Waals surface area contributed by atoms with Crippen LogP contribution >= 0.6 is 0 Å². The van der Waals surface area contributed by atoms with Gasteiger partial charge in [0.15, 0.2) is 0 Å². The molecule has 4 nitrogen and oxygen atoms in total. The molecule has 1 saturated heterocycles. The summed E-state index contributed by atoms with van der Waals surface area (Å²) in [7, 11) is 0. The molecular formula is C25H27F3N2O2. The molecule has 4 rings (SSSR count). The fourth-order valence-corrected chi connectivity index (χ4v) is 4.41. The monoisotopic (exact) mass is 444 g/mol. The number of carbonyl (C=O) groups is 1. The van der Waals surface area contributed by atoms with Crippen molar-refractivity contribution in [3.8, 4) is 0 Å². The zero-order chi connectivity index (χ0) is 23.0. The van der Waals surface area contributed by atoms with Gasteiger partial charge in [-0.05, 0) is 43.5 Å². The van der Waals surface area contributed by atoms with Crippen molar-refractivity contribution in [2.24, 2.45) is 0 Å². The minimum atomic E-state index is -4.40. The molecule has 0 unspecified atom stereocenters. The Hall–Kier alpha value is -2.64. The van der Waals surface area contributed by atoms with Crippen molar-refractivity contribution in [3.05, 3.63) is 82.9 Å². The van der Waals surface area contributed by atoms with E-state index in [2.05, 4.69) is 10.6 Å². The molecular weight excluding hydrogens is 417 g/mol. The van der Waals surface area contributed by atoms with E-state index in [9.17, 15) is 18.0 Å². The van der Waals surface area contributed by atoms with Gasteiger partial charge >= 0.3 is 6.18 Å². The van der Waals surface area contributed by atoms with Gasteiger partial charge in [0, 0.05) is 13.0 Å². The maximum Gasteiger partial charge on any atom is 0.416 e. The van der Waals surface area contributed by atoms with E-state index < -0.39 is 28.9 Å². The molecule has 32 heavy (non-hydrogen) atoms. The van der Waals surface area contributed by atoms with Crippen LogP contribution in [0.3, 0.4) is 0 Å². The van der Waals surface area contributed by atoms with Crippen LogP contribution < -0.4 is 10.6 Å². The highest BCUT2D eigenvalue weighted by Crippen LogP contribution is 2.35. The average Bonchev–Trinajstić information content (AvgIpc) is 3.13. The van der Waals surface area contributed by atoms with Gasteiger partial charge < -0.3 is 10.1 Å². The number of hydrogen-bond donors (Lipinski definition) is 2. The van der Waals surface area contributed by atoms with Crippen LogP contribution in [-0.4, -0.2) is 24.6 Å². The third kappa shape index (κ3) is 4.59. The molecule has 1 spiro atoms. The van der Waals surface area contributed by atoms with Crippen molar-refractivity contribution in [1.82, 2.24) is 10.6 Å². The van der Waals surface area contributed by atoms with E-state index in [0.29, 0.717) is 24.1 Å². The second kappa shape index (κ2) is 8.37. The zero-order valence-electron chi connectivity index (χ0n) is 18.1. The number of hydrogen-bond acceptors (Lipinski definition) is 3. The number of ether oxygens (including phenoxy) is 1. The van der Waals surface area contributed by atoms with E-state index in [1.54, 1.807) is 19.9 Å². The number of benzene rings is 2. The molecule has 2 aliphatic rings. The molecule has 2 aromatic carbocycles. The molecule has 1 fully saturated rings. The normalized spacial score (nSPS) is 26.3. The lowest BCUT2D eigenvalue weighted by atomic mass is 9.82. The third-order valence-corrected chi connectivity index (χ3v) is 6.34. The Balaban J connectivity index is 1.58. The first-order chi connectivity index (χ1) is 15.1. The number of aryl methyl sites for hydroxylation is 1. The van der Waals surface area contributed by atoms with E-state index in [0.717, 1.165) is 24.1 Å². The highest BCUT2D eigenvalue weighted by molar-refractivity contribution is 5.80. The van der Waals surface area contributed by atoms with E-state index in [4.69, 9.17) is 4.74 Å². The Labute approximate surface area is 185 Å². The van der Waals surface area contributed by atoms with Crippen molar-refractivity contribution in [2.75, 3.05) is 13.2 Å². The Morgan fingerprint density at radius 3 is 2.47 bits per heavy atom. The maximum atomic E-state index is 13.3. The van der Waals surface area contributed by atoms with Gasteiger partial charge in [-0.1, -0.05) is 54.1 Å². The quantitative estimate of drug-likeness (QED) is 0.652. The smallest absolute Gasteiger partial charge is 0.371 e. The molecule has 1 amide bonds. The van der Waals surface area contributed by atoms with Gasteiger partial charge in [-0.2, -0.15) is 13.2 Å². The molecule has 170 valence electrons. The number of amides is 1. The lowest BCUT2D eigenvalue weighted by molar-refractivity contribution is -0.137. The molecule has 0 bridgehead atoms. The maximum absolute atomic E-state index is 13.3. The van der Waals surface area contributed by atoms with Gasteiger partial charge in [-0.3, -0.25) is 10.1 Å². The predicted octanol–water partition coefficient (Wildman–Crippen LogP) is 4.80. The average molecular weight is 444 g/mol. The van der Waals surface area contributed by atoms with Crippen LogP contribution in [0.25, 0.3) is 0 Å². The van der Waals surface area contributed by atoms with Crippen LogP contribution in [0.15, 0.2) is 60.7 Å². The fourth-order valence-electron chi connectivity index (χ4n) is 4.41. The molecule has 0 aromatic heterocycles. The molecule has 2 aromatic rings. The number of nitrogens with one attached hydrogen (secondary N) is 2. The van der Waals surface area contributed by atoms with Gasteiger partial charge in [-0.15, -0.1) is 0 Å². The fraction of sp³-hybridized carbons (Fsp3) is 0.400. The molecule has 0 radical (unpaired) electrons. The van der Waals surface area contributed by atoms with Crippen LogP contribution in [0, 0.1) is 6.92 Å². The Bertz CT molecular complexity index is 1020. The molecule has 2 aliphatic heterocycles. The largest absolute Gasteiger partial charge is 0.416 e. The van der Waals surface area contributed by atoms with Crippen LogP contribution in [0.2, 0.25) is 0 Å². The summed E-state index contributed by atoms with van der Waals surface area (Å²) in [4.78, 5) is 11.8. The summed E-state index contributed by atoms with van der Waals surface area (Å²) in [6.07, 6.45) is 0.326. The Morgan fingerprint density at radius 2 is 1.88 bits per heavy atom. The SMILES string of the molecule is Cc1cc([C@@H](C)OC[C@@]2(c3ccccc3)C=C[C@]3(CCC(=O)N3)CN2)cc(C(F)(F)F)c1. The summed E-state index contributed by atoms with van der Waals surface area (Å²) in [5.74, 6) is 0.0356. The Kier molecular flexibility index (Phi) is 5.90. The Morgan fingerprint density at radius 1 is 1.12 bits per heavy atom. The van der Waals surface area contributed by atoms with E-state index >= 15 is 0 Å². The van der Waals surface area contributed by atoms with Gasteiger partial charge in [0.05, 0.1) is 29.4 Å². The number of rotatable bonds is 5. The highest BCUT2D eigenvalue weighted by atomic mass is 19.4. The van der Waals surface area contributed by atoms with E-state index in [1.165, 1.54) is 0 Å². The second-order valence-corrected chi connectivity index (χ2v) is 8.81. The van der Waals surface area contributed by atoms with Crippen molar-refractivity contribution < 1.29 is 22.7 Å². The van der Waals surface area contributed by atoms with Crippen molar-refractivity contribution in [2.45, 2.75) is 50.0 Å². The first-order valence-electron chi connectivity index (χ1n) is 10.7. The summed E-state index contributed by atoms with van der Waals surface area (Å²) in [6, 6.07) is 13.8. The lowest BCUT2D eigenvalue weighted by Gasteiger charge is -2.42. The molecule has 0 saturated carbocycles. The minimum Gasteiger partial charge on any atom is -0.371 e. The van der Waals surface area contributed by atoms with Crippen LogP contribution in [0.4, 0.5) is 13.2 Å². The molecule has 0 aliphatic carbocycles. The topological polar surface area (TPSA) is 50.4 Å². The van der Waals surface area contributed by atoms with Gasteiger partial charge in [-0.25, -0.2) is 0 Å². The molecule has 3 atom stereocenters. The summed E-state index contributed by atoms with van der Waals surface area (Å²) < 4.78 is 45.9. The molecule has 2 N–H and O–H groups in total. The van der Waals surface area contributed by atoms with Gasteiger partial charge in [0.2, 0.25) is 5.91 Å². The van der Waals surface area contributed by atoms with Crippen molar-refractivity contribution >= 4 is 5.91 Å². The van der Waals surface area contributed by atoms with E-state index in [1.807, 2.05) is 42.5 Å². The highest BCUT2D eigenvalue weighted by Gasteiger charge is 2.43. The number of alkyl halides is 3. The zero-order valence-corrected chi connectivity index (χ0v) is 18.1. The van der Waals surface area contributed by atoms with Crippen molar-refractivity contribution in [3.63, 3.8) is 0 Å². The van der Waals surface area contributed by atoms with E-state index in [-0.39, 0.29) is 12.5 Å². The standard InChI is InChI=1S/C25H27F3N2O2/c1-17-12-19(14-21(13-17)25(26,27)28)18(2)32-16-24(20-6-4-3-5-7-20)11-10-23(15-29-24)9-8-22(31)30-23/h3-7,10-14,18,29H,8-9,15-16H2,1-2H3,(H,30,31)/t18-,23-,24-/m1/s1. The first-order valence-corrected chi connectivity index (χ1v) is 10.7. The van der Waals surface area contributed by atoms with Crippen LogP contribution in [0.1, 0.15) is 48.1 Å². The molecule has 2 heterocycles. The van der Waals surface area contributed by atoms with Crippen LogP contribution in [-0.2, 0) is 21.2 Å². The summed E-state index contributed by atoms with van der Waals surface area (Å²) >= 11 is 0. The van der Waals surface area contributed by atoms with Crippen molar-refractivity contribution in [1.29, 1.82) is 0 Å². The predicted molar refractivity (Wildman–Crippen MR) is 116 cm³/mol. The lowest BCUT2D eigenvalue weighted by Crippen LogP contribution is -2.58. The molecule has 7 heteroatoms.